The van der Waals surface area contributed by atoms with E-state index >= 15 is 0 Å². The first-order chi connectivity index (χ1) is 12.0. The second-order valence-electron chi connectivity index (χ2n) is 8.32. The maximum atomic E-state index is 11.6. The Kier molecular flexibility index (Phi) is 16.1. The highest BCUT2D eigenvalue weighted by molar-refractivity contribution is 5.75. The molecular formula is C23H44O2. The van der Waals surface area contributed by atoms with Crippen LogP contribution in [-0.2, 0) is 9.53 Å². The molecule has 0 aromatic carbocycles. The van der Waals surface area contributed by atoms with Crippen LogP contribution >= 0.6 is 0 Å². The SMILES string of the molecule is CCCCCCCC/C=C\CCCCCCCCOC(=O)C(C)(C)C. The Labute approximate surface area is 157 Å². The topological polar surface area (TPSA) is 26.3 Å². The molecule has 0 heterocycles. The van der Waals surface area contributed by atoms with Crippen molar-refractivity contribution < 1.29 is 9.53 Å². The normalized spacial score (nSPS) is 12.0. The predicted molar refractivity (Wildman–Crippen MR) is 110 cm³/mol. The van der Waals surface area contributed by atoms with Crippen molar-refractivity contribution in [3.05, 3.63) is 12.2 Å². The fourth-order valence-corrected chi connectivity index (χ4v) is 2.73. The van der Waals surface area contributed by atoms with E-state index in [1.165, 1.54) is 83.5 Å². The number of carbonyl (C=O) groups is 1. The van der Waals surface area contributed by atoms with Gasteiger partial charge in [0.25, 0.3) is 0 Å². The van der Waals surface area contributed by atoms with Crippen LogP contribution in [0.15, 0.2) is 12.2 Å². The zero-order valence-electron chi connectivity index (χ0n) is 17.6. The number of unbranched alkanes of at least 4 members (excludes halogenated alkanes) is 12. The van der Waals surface area contributed by atoms with Crippen molar-refractivity contribution in [1.29, 1.82) is 0 Å². The van der Waals surface area contributed by atoms with Crippen LogP contribution in [0, 0.1) is 5.41 Å². The molecule has 0 amide bonds. The third-order valence-electron chi connectivity index (χ3n) is 4.50. The van der Waals surface area contributed by atoms with Crippen LogP contribution in [0.2, 0.25) is 0 Å². The lowest BCUT2D eigenvalue weighted by atomic mass is 9.97. The minimum Gasteiger partial charge on any atom is -0.465 e. The third-order valence-corrected chi connectivity index (χ3v) is 4.50. The summed E-state index contributed by atoms with van der Waals surface area (Å²) in [5.41, 5.74) is -0.372. The van der Waals surface area contributed by atoms with Crippen molar-refractivity contribution in [3.63, 3.8) is 0 Å². The molecule has 0 unspecified atom stereocenters. The summed E-state index contributed by atoms with van der Waals surface area (Å²) < 4.78 is 5.28. The van der Waals surface area contributed by atoms with E-state index in [-0.39, 0.29) is 11.4 Å². The van der Waals surface area contributed by atoms with Crippen LogP contribution in [0.25, 0.3) is 0 Å². The molecule has 0 saturated heterocycles. The quantitative estimate of drug-likeness (QED) is 0.162. The number of hydrogen-bond donors (Lipinski definition) is 0. The summed E-state index contributed by atoms with van der Waals surface area (Å²) >= 11 is 0. The van der Waals surface area contributed by atoms with Crippen molar-refractivity contribution in [2.45, 2.75) is 118 Å². The molecule has 0 atom stereocenters. The largest absolute Gasteiger partial charge is 0.465 e. The van der Waals surface area contributed by atoms with Crippen LogP contribution in [0.3, 0.4) is 0 Å². The molecule has 0 fully saturated rings. The van der Waals surface area contributed by atoms with Crippen molar-refractivity contribution in [3.8, 4) is 0 Å². The van der Waals surface area contributed by atoms with Gasteiger partial charge in [0.05, 0.1) is 12.0 Å². The summed E-state index contributed by atoms with van der Waals surface area (Å²) in [6.07, 6.45) is 22.9. The first-order valence-corrected chi connectivity index (χ1v) is 10.8. The molecule has 0 rings (SSSR count). The Morgan fingerprint density at radius 3 is 1.64 bits per heavy atom. The molecule has 2 heteroatoms. The van der Waals surface area contributed by atoms with Gasteiger partial charge in [-0.15, -0.1) is 0 Å². The van der Waals surface area contributed by atoms with Crippen molar-refractivity contribution in [2.24, 2.45) is 5.41 Å². The molecule has 0 aliphatic rings. The molecular weight excluding hydrogens is 308 g/mol. The molecule has 0 N–H and O–H groups in total. The average molecular weight is 353 g/mol. The van der Waals surface area contributed by atoms with Crippen LogP contribution in [-0.4, -0.2) is 12.6 Å². The number of esters is 1. The summed E-state index contributed by atoms with van der Waals surface area (Å²) in [6, 6.07) is 0. The van der Waals surface area contributed by atoms with Crippen molar-refractivity contribution in [2.75, 3.05) is 6.61 Å². The van der Waals surface area contributed by atoms with E-state index in [0.717, 1.165) is 6.42 Å². The van der Waals surface area contributed by atoms with E-state index in [0.29, 0.717) is 6.61 Å². The summed E-state index contributed by atoms with van der Waals surface area (Å²) in [5.74, 6) is -0.0831. The zero-order valence-corrected chi connectivity index (χ0v) is 17.6. The van der Waals surface area contributed by atoms with Gasteiger partial charge < -0.3 is 4.74 Å². The van der Waals surface area contributed by atoms with Gasteiger partial charge in [0, 0.05) is 0 Å². The third kappa shape index (κ3) is 17.8. The van der Waals surface area contributed by atoms with Gasteiger partial charge in [0.15, 0.2) is 0 Å². The lowest BCUT2D eigenvalue weighted by Gasteiger charge is -2.16. The summed E-state index contributed by atoms with van der Waals surface area (Å²) in [4.78, 5) is 11.6. The maximum Gasteiger partial charge on any atom is 0.311 e. The first kappa shape index (κ1) is 24.2. The smallest absolute Gasteiger partial charge is 0.311 e. The molecule has 0 spiro atoms. The summed E-state index contributed by atoms with van der Waals surface area (Å²) in [6.45, 7) is 8.55. The minimum absolute atomic E-state index is 0.0831. The first-order valence-electron chi connectivity index (χ1n) is 10.8. The Bertz CT molecular complexity index is 325. The number of ether oxygens (including phenoxy) is 1. The standard InChI is InChI=1S/C23H44O2/c1-5-6-7-8-9-10-11-12-13-14-15-16-17-18-19-20-21-25-22(24)23(2,3)4/h12-13H,5-11,14-21H2,1-4H3/b13-12-. The fraction of sp³-hybridized carbons (Fsp3) is 0.870. The van der Waals surface area contributed by atoms with Gasteiger partial charge in [-0.05, 0) is 52.9 Å². The lowest BCUT2D eigenvalue weighted by molar-refractivity contribution is -0.153. The fourth-order valence-electron chi connectivity index (χ4n) is 2.73. The number of hydrogen-bond acceptors (Lipinski definition) is 2. The zero-order chi connectivity index (χ0) is 18.8. The average Bonchev–Trinajstić information content (AvgIpc) is 2.56. The maximum absolute atomic E-state index is 11.6. The van der Waals surface area contributed by atoms with Crippen LogP contribution in [0.4, 0.5) is 0 Å². The highest BCUT2D eigenvalue weighted by Gasteiger charge is 2.22. The molecule has 148 valence electrons. The monoisotopic (exact) mass is 352 g/mol. The highest BCUT2D eigenvalue weighted by Crippen LogP contribution is 2.15. The Morgan fingerprint density at radius 2 is 1.16 bits per heavy atom. The van der Waals surface area contributed by atoms with Crippen molar-refractivity contribution in [1.82, 2.24) is 0 Å². The van der Waals surface area contributed by atoms with E-state index in [2.05, 4.69) is 19.1 Å². The van der Waals surface area contributed by atoms with Crippen molar-refractivity contribution >= 4 is 5.97 Å². The molecule has 0 saturated carbocycles. The van der Waals surface area contributed by atoms with Gasteiger partial charge in [-0.2, -0.15) is 0 Å². The van der Waals surface area contributed by atoms with Crippen LogP contribution in [0.1, 0.15) is 118 Å². The molecule has 0 aliphatic carbocycles. The van der Waals surface area contributed by atoms with Gasteiger partial charge >= 0.3 is 5.97 Å². The highest BCUT2D eigenvalue weighted by atomic mass is 16.5. The summed E-state index contributed by atoms with van der Waals surface area (Å²) in [5, 5.41) is 0. The van der Waals surface area contributed by atoms with E-state index in [4.69, 9.17) is 4.74 Å². The van der Waals surface area contributed by atoms with E-state index < -0.39 is 0 Å². The summed E-state index contributed by atoms with van der Waals surface area (Å²) in [7, 11) is 0. The molecule has 0 aromatic heterocycles. The van der Waals surface area contributed by atoms with Gasteiger partial charge in [0.2, 0.25) is 0 Å². The second kappa shape index (κ2) is 16.7. The lowest BCUT2D eigenvalue weighted by Crippen LogP contribution is -2.23. The van der Waals surface area contributed by atoms with E-state index in [1.807, 2.05) is 20.8 Å². The molecule has 0 bridgehead atoms. The molecule has 0 radical (unpaired) electrons. The van der Waals surface area contributed by atoms with Crippen LogP contribution < -0.4 is 0 Å². The van der Waals surface area contributed by atoms with Gasteiger partial charge in [-0.25, -0.2) is 0 Å². The van der Waals surface area contributed by atoms with E-state index in [9.17, 15) is 4.79 Å². The van der Waals surface area contributed by atoms with Gasteiger partial charge in [-0.1, -0.05) is 76.9 Å². The Hall–Kier alpha value is -0.790. The Morgan fingerprint density at radius 1 is 0.720 bits per heavy atom. The number of allylic oxidation sites excluding steroid dienone is 2. The molecule has 25 heavy (non-hydrogen) atoms. The second-order valence-corrected chi connectivity index (χ2v) is 8.32. The molecule has 0 aromatic rings. The number of rotatable bonds is 16. The van der Waals surface area contributed by atoms with E-state index in [1.54, 1.807) is 0 Å². The molecule has 2 nitrogen and oxygen atoms in total. The van der Waals surface area contributed by atoms with Gasteiger partial charge in [-0.3, -0.25) is 4.79 Å². The number of carbonyl (C=O) groups excluding carboxylic acids is 1. The van der Waals surface area contributed by atoms with Crippen LogP contribution in [0.5, 0.6) is 0 Å². The Balaban J connectivity index is 3.21. The van der Waals surface area contributed by atoms with Gasteiger partial charge in [0.1, 0.15) is 0 Å². The molecule has 0 aliphatic heterocycles. The predicted octanol–water partition coefficient (Wildman–Crippen LogP) is 7.61. The minimum atomic E-state index is -0.372.